The van der Waals surface area contributed by atoms with E-state index >= 15 is 0 Å². The molecule has 3 N–H and O–H groups in total. The number of nitrogens with one attached hydrogen (secondary N) is 1. The normalized spacial score (nSPS) is 20.2. The molecular weight excluding hydrogens is 247 g/mol. The molecule has 0 saturated heterocycles. The van der Waals surface area contributed by atoms with E-state index in [0.717, 1.165) is 0 Å². The Morgan fingerprint density at radius 3 is 2.94 bits per heavy atom. The Bertz CT molecular complexity index is 518. The summed E-state index contributed by atoms with van der Waals surface area (Å²) in [6.07, 6.45) is 1.19. The molecule has 1 unspecified atom stereocenters. The summed E-state index contributed by atoms with van der Waals surface area (Å²) in [4.78, 5) is 0. The predicted molar refractivity (Wildman–Crippen MR) is 60.1 cm³/mol. The quantitative estimate of drug-likeness (QED) is 0.826. The van der Waals surface area contributed by atoms with E-state index in [9.17, 15) is 12.8 Å². The van der Waals surface area contributed by atoms with Crippen LogP contribution in [0.25, 0.3) is 0 Å². The van der Waals surface area contributed by atoms with Gasteiger partial charge in [-0.15, -0.1) is 0 Å². The average molecular weight is 260 g/mol. The molecule has 2 rings (SSSR count). The maximum Gasteiger partial charge on any atom is 0.274 e. The lowest BCUT2D eigenvalue weighted by Crippen LogP contribution is -2.34. The first-order chi connectivity index (χ1) is 7.96. The highest BCUT2D eigenvalue weighted by Crippen LogP contribution is 2.32. The molecule has 5 nitrogen and oxygen atoms in total. The van der Waals surface area contributed by atoms with Crippen LogP contribution in [0.2, 0.25) is 0 Å². The number of benzene rings is 1. The molecule has 1 atom stereocenters. The predicted octanol–water partition coefficient (Wildman–Crippen LogP) is 0.832. The third-order valence-corrected chi connectivity index (χ3v) is 3.16. The smallest absolute Gasteiger partial charge is 0.274 e. The minimum atomic E-state index is -3.82. The minimum Gasteiger partial charge on any atom is -0.493 e. The van der Waals surface area contributed by atoms with Gasteiger partial charge < -0.3 is 4.74 Å². The molecule has 0 aliphatic carbocycles. The highest BCUT2D eigenvalue weighted by atomic mass is 32.2. The molecule has 1 aromatic rings. The van der Waals surface area contributed by atoms with Gasteiger partial charge in [-0.25, -0.2) is 9.53 Å². The van der Waals surface area contributed by atoms with Crippen molar-refractivity contribution in [3.8, 4) is 5.75 Å². The van der Waals surface area contributed by atoms with Crippen LogP contribution in [-0.2, 0) is 10.2 Å². The number of fused-ring (bicyclic) bond motifs is 1. The van der Waals surface area contributed by atoms with Crippen LogP contribution in [0.1, 0.15) is 24.4 Å². The monoisotopic (exact) mass is 260 g/mol. The molecule has 7 heteroatoms. The molecule has 1 aliphatic rings. The average Bonchev–Trinajstić information content (AvgIpc) is 2.39. The van der Waals surface area contributed by atoms with Gasteiger partial charge >= 0.3 is 0 Å². The van der Waals surface area contributed by atoms with Crippen molar-refractivity contribution < 1.29 is 17.5 Å². The first-order valence-corrected chi connectivity index (χ1v) is 6.72. The van der Waals surface area contributed by atoms with Crippen molar-refractivity contribution in [2.75, 3.05) is 6.61 Å². The zero-order chi connectivity index (χ0) is 12.5. The zero-order valence-electron chi connectivity index (χ0n) is 9.02. The Kier molecular flexibility index (Phi) is 3.32. The van der Waals surface area contributed by atoms with Gasteiger partial charge in [0.15, 0.2) is 0 Å². The lowest BCUT2D eigenvalue weighted by Gasteiger charge is -2.16. The maximum absolute atomic E-state index is 13.2. The second-order valence-corrected chi connectivity index (χ2v) is 5.21. The van der Waals surface area contributed by atoms with Gasteiger partial charge in [0.1, 0.15) is 11.6 Å². The van der Waals surface area contributed by atoms with E-state index in [0.29, 0.717) is 30.8 Å². The molecule has 0 spiro atoms. The standard InChI is InChI=1S/C10H13FN2O3S/c11-7-3-4-10-8(6-7)9(2-1-5-16-10)13-17(12,14)15/h3-4,6,9,13H,1-2,5H2,(H2,12,14,15). The molecule has 1 heterocycles. The fourth-order valence-electron chi connectivity index (χ4n) is 1.87. The van der Waals surface area contributed by atoms with Gasteiger partial charge in [-0.2, -0.15) is 13.1 Å². The van der Waals surface area contributed by atoms with E-state index in [4.69, 9.17) is 9.88 Å². The maximum atomic E-state index is 13.2. The van der Waals surface area contributed by atoms with Gasteiger partial charge in [0.05, 0.1) is 12.6 Å². The van der Waals surface area contributed by atoms with E-state index in [1.807, 2.05) is 0 Å². The van der Waals surface area contributed by atoms with Crippen molar-refractivity contribution >= 4 is 10.2 Å². The largest absolute Gasteiger partial charge is 0.493 e. The fraction of sp³-hybridized carbons (Fsp3) is 0.400. The van der Waals surface area contributed by atoms with Crippen LogP contribution in [0.15, 0.2) is 18.2 Å². The second-order valence-electron chi connectivity index (χ2n) is 3.89. The van der Waals surface area contributed by atoms with Gasteiger partial charge in [0, 0.05) is 5.56 Å². The first-order valence-electron chi connectivity index (χ1n) is 5.18. The van der Waals surface area contributed by atoms with Crippen LogP contribution in [0.4, 0.5) is 4.39 Å². The number of rotatable bonds is 2. The molecule has 0 aromatic heterocycles. The number of ether oxygens (including phenoxy) is 1. The Balaban J connectivity index is 2.38. The molecule has 0 saturated carbocycles. The Labute approximate surface area is 99.0 Å². The highest BCUT2D eigenvalue weighted by molar-refractivity contribution is 7.87. The molecular formula is C10H13FN2O3S. The van der Waals surface area contributed by atoms with Crippen molar-refractivity contribution in [2.24, 2.45) is 5.14 Å². The van der Waals surface area contributed by atoms with E-state index in [2.05, 4.69) is 4.72 Å². The molecule has 1 aromatic carbocycles. The zero-order valence-corrected chi connectivity index (χ0v) is 9.84. The number of halogens is 1. The molecule has 0 amide bonds. The molecule has 17 heavy (non-hydrogen) atoms. The molecule has 0 fully saturated rings. The van der Waals surface area contributed by atoms with Crippen molar-refractivity contribution in [3.05, 3.63) is 29.6 Å². The topological polar surface area (TPSA) is 81.4 Å². The summed E-state index contributed by atoms with van der Waals surface area (Å²) in [5.74, 6) is 0.0560. The summed E-state index contributed by atoms with van der Waals surface area (Å²) >= 11 is 0. The third kappa shape index (κ3) is 3.15. The molecule has 94 valence electrons. The van der Waals surface area contributed by atoms with Crippen LogP contribution < -0.4 is 14.6 Å². The SMILES string of the molecule is NS(=O)(=O)NC1CCCOc2ccc(F)cc21. The van der Waals surface area contributed by atoms with Gasteiger partial charge in [-0.1, -0.05) is 0 Å². The van der Waals surface area contributed by atoms with Crippen molar-refractivity contribution in [3.63, 3.8) is 0 Å². The molecule has 0 bridgehead atoms. The number of hydrogen-bond acceptors (Lipinski definition) is 3. The summed E-state index contributed by atoms with van der Waals surface area (Å²) in [6.45, 7) is 0.474. The second kappa shape index (κ2) is 4.59. The van der Waals surface area contributed by atoms with Crippen LogP contribution in [0.5, 0.6) is 5.75 Å². The van der Waals surface area contributed by atoms with E-state index in [-0.39, 0.29) is 0 Å². The summed E-state index contributed by atoms with van der Waals surface area (Å²) in [5, 5.41) is 4.94. The van der Waals surface area contributed by atoms with Gasteiger partial charge in [-0.3, -0.25) is 0 Å². The van der Waals surface area contributed by atoms with Crippen LogP contribution in [0.3, 0.4) is 0 Å². The lowest BCUT2D eigenvalue weighted by molar-refractivity contribution is 0.315. The van der Waals surface area contributed by atoms with Gasteiger partial charge in [0.25, 0.3) is 10.2 Å². The fourth-order valence-corrected chi connectivity index (χ4v) is 2.51. The Morgan fingerprint density at radius 2 is 2.24 bits per heavy atom. The minimum absolute atomic E-state index is 0.435. The Morgan fingerprint density at radius 1 is 1.47 bits per heavy atom. The van der Waals surface area contributed by atoms with E-state index < -0.39 is 22.1 Å². The summed E-state index contributed by atoms with van der Waals surface area (Å²) in [6, 6.07) is 3.49. The first kappa shape index (κ1) is 12.3. The van der Waals surface area contributed by atoms with Crippen molar-refractivity contribution in [1.29, 1.82) is 0 Å². The summed E-state index contributed by atoms with van der Waals surface area (Å²) < 4.78 is 42.9. The van der Waals surface area contributed by atoms with Crippen LogP contribution in [0, 0.1) is 5.82 Å². The van der Waals surface area contributed by atoms with Crippen molar-refractivity contribution in [2.45, 2.75) is 18.9 Å². The third-order valence-electron chi connectivity index (χ3n) is 2.55. The van der Waals surface area contributed by atoms with Crippen molar-refractivity contribution in [1.82, 2.24) is 4.72 Å². The van der Waals surface area contributed by atoms with Crippen LogP contribution >= 0.6 is 0 Å². The van der Waals surface area contributed by atoms with E-state index in [1.54, 1.807) is 0 Å². The summed E-state index contributed by atoms with van der Waals surface area (Å²) in [5.41, 5.74) is 0.483. The van der Waals surface area contributed by atoms with E-state index in [1.165, 1.54) is 18.2 Å². The molecule has 0 radical (unpaired) electrons. The number of nitrogens with two attached hydrogens (primary N) is 1. The summed E-state index contributed by atoms with van der Waals surface area (Å²) in [7, 11) is -3.82. The highest BCUT2D eigenvalue weighted by Gasteiger charge is 2.23. The van der Waals surface area contributed by atoms with Gasteiger partial charge in [0.2, 0.25) is 0 Å². The molecule has 1 aliphatic heterocycles. The van der Waals surface area contributed by atoms with Crippen LogP contribution in [-0.4, -0.2) is 15.0 Å². The Hall–Kier alpha value is -1.18. The van der Waals surface area contributed by atoms with Gasteiger partial charge in [-0.05, 0) is 31.0 Å². The lowest BCUT2D eigenvalue weighted by atomic mass is 10.0. The number of hydrogen-bond donors (Lipinski definition) is 2.